The Bertz CT molecular complexity index is 678. The Morgan fingerprint density at radius 2 is 1.79 bits per heavy atom. The van der Waals surface area contributed by atoms with Gasteiger partial charge in [-0.25, -0.2) is 0 Å². The first-order chi connectivity index (χ1) is 11.5. The van der Waals surface area contributed by atoms with Gasteiger partial charge in [0.1, 0.15) is 6.54 Å². The van der Waals surface area contributed by atoms with Crippen LogP contribution in [0.15, 0.2) is 35.7 Å². The molecule has 2 aromatic rings. The van der Waals surface area contributed by atoms with Gasteiger partial charge in [0.25, 0.3) is 5.91 Å². The smallest absolute Gasteiger partial charge is 0.275 e. The number of rotatable bonds is 7. The first-order valence-corrected chi connectivity index (χ1v) is 8.80. The van der Waals surface area contributed by atoms with Crippen molar-refractivity contribution in [2.45, 2.75) is 20.4 Å². The molecule has 2 rings (SSSR count). The van der Waals surface area contributed by atoms with Crippen molar-refractivity contribution in [2.75, 3.05) is 25.5 Å². The predicted octanol–water partition coefficient (Wildman–Crippen LogP) is 1.13. The molecule has 0 saturated heterocycles. The van der Waals surface area contributed by atoms with Crippen LogP contribution < -0.4 is 15.5 Å². The number of hydrogen-bond donors (Lipinski definition) is 3. The summed E-state index contributed by atoms with van der Waals surface area (Å²) in [4.78, 5) is 26.3. The molecule has 0 fully saturated rings. The summed E-state index contributed by atoms with van der Waals surface area (Å²) in [5, 5.41) is 7.58. The second kappa shape index (κ2) is 8.61. The summed E-state index contributed by atoms with van der Waals surface area (Å²) in [6.07, 6.45) is 0. The molecule has 0 aliphatic carbocycles. The zero-order valence-corrected chi connectivity index (χ0v) is 15.1. The molecular formula is C18H24N3O2S+. The summed E-state index contributed by atoms with van der Waals surface area (Å²) >= 11 is 1.68. The van der Waals surface area contributed by atoms with Gasteiger partial charge in [0.2, 0.25) is 5.91 Å². The summed E-state index contributed by atoms with van der Waals surface area (Å²) in [6.45, 7) is 5.03. The summed E-state index contributed by atoms with van der Waals surface area (Å²) in [6, 6.07) is 9.91. The maximum atomic E-state index is 12.0. The van der Waals surface area contributed by atoms with E-state index < -0.39 is 0 Å². The zero-order valence-electron chi connectivity index (χ0n) is 14.3. The lowest BCUT2D eigenvalue weighted by Crippen LogP contribution is -3.08. The highest BCUT2D eigenvalue weighted by Crippen LogP contribution is 2.18. The summed E-state index contributed by atoms with van der Waals surface area (Å²) in [7, 11) is 1.97. The first-order valence-electron chi connectivity index (χ1n) is 7.92. The lowest BCUT2D eigenvalue weighted by molar-refractivity contribution is -0.885. The highest BCUT2D eigenvalue weighted by molar-refractivity contribution is 7.09. The molecule has 3 N–H and O–H groups in total. The van der Waals surface area contributed by atoms with Gasteiger partial charge in [-0.2, -0.15) is 0 Å². The summed E-state index contributed by atoms with van der Waals surface area (Å²) in [5.41, 5.74) is 2.83. The molecule has 0 radical (unpaired) electrons. The van der Waals surface area contributed by atoms with E-state index in [1.165, 1.54) is 4.88 Å². The quantitative estimate of drug-likeness (QED) is 0.704. The van der Waals surface area contributed by atoms with Crippen molar-refractivity contribution in [2.24, 2.45) is 0 Å². The molecule has 5 nitrogen and oxygen atoms in total. The molecule has 1 aromatic carbocycles. The molecule has 0 bridgehead atoms. The number of anilines is 1. The van der Waals surface area contributed by atoms with E-state index in [9.17, 15) is 9.59 Å². The lowest BCUT2D eigenvalue weighted by Gasteiger charge is -2.14. The van der Waals surface area contributed by atoms with E-state index in [2.05, 4.69) is 16.7 Å². The van der Waals surface area contributed by atoms with Crippen LogP contribution in [0.2, 0.25) is 0 Å². The number of likely N-dealkylation sites (N-methyl/N-ethyl adjacent to an activating group) is 1. The monoisotopic (exact) mass is 346 g/mol. The Kier molecular flexibility index (Phi) is 6.52. The van der Waals surface area contributed by atoms with Gasteiger partial charge in [-0.05, 0) is 36.4 Å². The topological polar surface area (TPSA) is 62.6 Å². The van der Waals surface area contributed by atoms with Gasteiger partial charge in [0, 0.05) is 5.69 Å². The van der Waals surface area contributed by atoms with Crippen LogP contribution in [0.25, 0.3) is 0 Å². The highest BCUT2D eigenvalue weighted by atomic mass is 32.1. The third kappa shape index (κ3) is 5.47. The maximum absolute atomic E-state index is 12.0. The molecule has 0 aliphatic rings. The molecule has 0 aliphatic heterocycles. The van der Waals surface area contributed by atoms with Crippen LogP contribution in [0, 0.1) is 13.8 Å². The molecule has 1 aromatic heterocycles. The average molecular weight is 346 g/mol. The molecular weight excluding hydrogens is 322 g/mol. The summed E-state index contributed by atoms with van der Waals surface area (Å²) < 4.78 is 0. The molecule has 0 saturated carbocycles. The molecule has 1 unspecified atom stereocenters. The number of nitrogens with one attached hydrogen (secondary N) is 3. The fourth-order valence-electron chi connectivity index (χ4n) is 2.48. The predicted molar refractivity (Wildman–Crippen MR) is 97.3 cm³/mol. The standard InChI is InChI=1S/C18H23N3O2S/c1-13-6-4-7-14(2)18(13)20-16(22)10-19-17(23)12-21(3)11-15-8-5-9-24-15/h4-9H,10-12H2,1-3H3,(H,19,23)(H,20,22)/p+1. The number of carbonyl (C=O) groups is 2. The van der Waals surface area contributed by atoms with Crippen LogP contribution in [-0.4, -0.2) is 32.0 Å². The van der Waals surface area contributed by atoms with Crippen molar-refractivity contribution in [3.8, 4) is 0 Å². The van der Waals surface area contributed by atoms with Gasteiger partial charge < -0.3 is 15.5 Å². The Hall–Kier alpha value is -2.18. The van der Waals surface area contributed by atoms with Gasteiger partial charge >= 0.3 is 0 Å². The van der Waals surface area contributed by atoms with E-state index in [-0.39, 0.29) is 18.4 Å². The van der Waals surface area contributed by atoms with Gasteiger partial charge in [-0.3, -0.25) is 9.59 Å². The van der Waals surface area contributed by atoms with Crippen molar-refractivity contribution in [3.05, 3.63) is 51.7 Å². The maximum Gasteiger partial charge on any atom is 0.275 e. The molecule has 1 atom stereocenters. The number of thiophene rings is 1. The van der Waals surface area contributed by atoms with E-state index in [1.54, 1.807) is 11.3 Å². The number of amides is 2. The molecule has 2 amide bonds. The van der Waals surface area contributed by atoms with Crippen LogP contribution in [0.1, 0.15) is 16.0 Å². The molecule has 0 spiro atoms. The normalized spacial score (nSPS) is 11.8. The zero-order chi connectivity index (χ0) is 17.5. The van der Waals surface area contributed by atoms with Crippen molar-refractivity contribution >= 4 is 28.8 Å². The third-order valence-corrected chi connectivity index (χ3v) is 4.59. The molecule has 1 heterocycles. The minimum absolute atomic E-state index is 0.0150. The van der Waals surface area contributed by atoms with E-state index >= 15 is 0 Å². The number of carbonyl (C=O) groups excluding carboxylic acids is 2. The SMILES string of the molecule is Cc1cccc(C)c1NC(=O)CNC(=O)C[NH+](C)Cc1cccs1. The number of para-hydroxylation sites is 1. The van der Waals surface area contributed by atoms with Crippen molar-refractivity contribution in [1.29, 1.82) is 0 Å². The Balaban J connectivity index is 1.76. The van der Waals surface area contributed by atoms with Gasteiger partial charge in [-0.1, -0.05) is 24.3 Å². The van der Waals surface area contributed by atoms with Crippen LogP contribution >= 0.6 is 11.3 Å². The van der Waals surface area contributed by atoms with Crippen LogP contribution in [-0.2, 0) is 16.1 Å². The van der Waals surface area contributed by atoms with Gasteiger partial charge in [0.05, 0.1) is 18.5 Å². The highest BCUT2D eigenvalue weighted by Gasteiger charge is 2.13. The fourth-order valence-corrected chi connectivity index (χ4v) is 3.30. The van der Waals surface area contributed by atoms with E-state index in [0.717, 1.165) is 28.3 Å². The Labute approximate surface area is 146 Å². The third-order valence-electron chi connectivity index (χ3n) is 3.71. The summed E-state index contributed by atoms with van der Waals surface area (Å²) in [5.74, 6) is -0.336. The Morgan fingerprint density at radius 3 is 2.42 bits per heavy atom. The molecule has 128 valence electrons. The van der Waals surface area contributed by atoms with E-state index in [4.69, 9.17) is 0 Å². The van der Waals surface area contributed by atoms with E-state index in [0.29, 0.717) is 6.54 Å². The van der Waals surface area contributed by atoms with Crippen molar-refractivity contribution < 1.29 is 14.5 Å². The fraction of sp³-hybridized carbons (Fsp3) is 0.333. The minimum Gasteiger partial charge on any atom is -0.342 e. The Morgan fingerprint density at radius 1 is 1.08 bits per heavy atom. The van der Waals surface area contributed by atoms with Crippen molar-refractivity contribution in [3.63, 3.8) is 0 Å². The van der Waals surface area contributed by atoms with Gasteiger partial charge in [-0.15, -0.1) is 11.3 Å². The number of hydrogen-bond acceptors (Lipinski definition) is 3. The molecule has 24 heavy (non-hydrogen) atoms. The van der Waals surface area contributed by atoms with Crippen molar-refractivity contribution in [1.82, 2.24) is 5.32 Å². The van der Waals surface area contributed by atoms with Crippen LogP contribution in [0.3, 0.4) is 0 Å². The lowest BCUT2D eigenvalue weighted by atomic mass is 10.1. The number of quaternary nitrogens is 1. The number of benzene rings is 1. The van der Waals surface area contributed by atoms with Gasteiger partial charge in [0.15, 0.2) is 6.54 Å². The second-order valence-corrected chi connectivity index (χ2v) is 7.01. The number of aryl methyl sites for hydroxylation is 2. The van der Waals surface area contributed by atoms with E-state index in [1.807, 2.05) is 50.5 Å². The average Bonchev–Trinajstić information content (AvgIpc) is 3.02. The first kappa shape index (κ1) is 18.2. The second-order valence-electron chi connectivity index (χ2n) is 5.98. The largest absolute Gasteiger partial charge is 0.342 e. The van der Waals surface area contributed by atoms with Crippen LogP contribution in [0.5, 0.6) is 0 Å². The molecule has 6 heteroatoms. The van der Waals surface area contributed by atoms with Crippen LogP contribution in [0.4, 0.5) is 5.69 Å². The minimum atomic E-state index is -0.211.